The van der Waals surface area contributed by atoms with Crippen molar-refractivity contribution in [3.05, 3.63) is 64.9 Å². The monoisotopic (exact) mass is 438 g/mol. The number of rotatable bonds is 7. The molecule has 2 N–H and O–H groups in total. The molecule has 2 atom stereocenters. The molecule has 2 aromatic carbocycles. The highest BCUT2D eigenvalue weighted by molar-refractivity contribution is 6.31. The first-order valence-corrected chi connectivity index (χ1v) is 11.0. The van der Waals surface area contributed by atoms with E-state index < -0.39 is 0 Å². The zero-order valence-electron chi connectivity index (χ0n) is 17.8. The Labute approximate surface area is 187 Å². The van der Waals surface area contributed by atoms with Crippen LogP contribution >= 0.6 is 11.6 Å². The van der Waals surface area contributed by atoms with Gasteiger partial charge in [-0.15, -0.1) is 0 Å². The lowest BCUT2D eigenvalue weighted by molar-refractivity contribution is -0.129. The summed E-state index contributed by atoms with van der Waals surface area (Å²) < 4.78 is 0. The van der Waals surface area contributed by atoms with Gasteiger partial charge in [0.15, 0.2) is 0 Å². The number of amides is 2. The van der Waals surface area contributed by atoms with E-state index in [9.17, 15) is 9.59 Å². The van der Waals surface area contributed by atoms with Crippen molar-refractivity contribution in [1.82, 2.24) is 20.2 Å². The summed E-state index contributed by atoms with van der Waals surface area (Å²) in [7, 11) is 0. The summed E-state index contributed by atoms with van der Waals surface area (Å²) in [6.45, 7) is 5.05. The number of halogens is 1. The first-order valence-electron chi connectivity index (χ1n) is 10.7. The zero-order valence-corrected chi connectivity index (χ0v) is 18.5. The van der Waals surface area contributed by atoms with E-state index >= 15 is 0 Å². The van der Waals surface area contributed by atoms with Crippen LogP contribution in [0.15, 0.2) is 48.5 Å². The molecule has 1 saturated heterocycles. The van der Waals surface area contributed by atoms with Crippen molar-refractivity contribution in [2.24, 2.45) is 11.8 Å². The molecule has 162 valence electrons. The molecular weight excluding hydrogens is 412 g/mol. The lowest BCUT2D eigenvalue weighted by Crippen LogP contribution is -2.36. The topological polar surface area (TPSA) is 78.1 Å². The highest BCUT2D eigenvalue weighted by Crippen LogP contribution is 2.26. The van der Waals surface area contributed by atoms with E-state index in [-0.39, 0.29) is 30.2 Å². The van der Waals surface area contributed by atoms with Crippen molar-refractivity contribution >= 4 is 34.4 Å². The molecular formula is C24H27ClN4O2. The van der Waals surface area contributed by atoms with Gasteiger partial charge in [0.2, 0.25) is 11.8 Å². The van der Waals surface area contributed by atoms with Crippen LogP contribution in [0.4, 0.5) is 0 Å². The van der Waals surface area contributed by atoms with Gasteiger partial charge in [-0.2, -0.15) is 0 Å². The van der Waals surface area contributed by atoms with Crippen molar-refractivity contribution in [1.29, 1.82) is 0 Å². The molecule has 0 bridgehead atoms. The second-order valence-corrected chi connectivity index (χ2v) is 9.00. The third-order valence-electron chi connectivity index (χ3n) is 5.67. The third kappa shape index (κ3) is 4.90. The SMILES string of the molecule is CC(C)C[C@H](NC(=O)[C@@H]1CC(=O)N(Cc2ccccc2Cl)C1)c1nc2ccccc2[nH]1. The van der Waals surface area contributed by atoms with Gasteiger partial charge in [0, 0.05) is 24.5 Å². The summed E-state index contributed by atoms with van der Waals surface area (Å²) in [6, 6.07) is 15.1. The second kappa shape index (κ2) is 9.10. The lowest BCUT2D eigenvalue weighted by Gasteiger charge is -2.21. The van der Waals surface area contributed by atoms with Crippen molar-refractivity contribution in [2.45, 2.75) is 39.3 Å². The maximum absolute atomic E-state index is 13.1. The van der Waals surface area contributed by atoms with Crippen LogP contribution in [0.1, 0.15) is 44.1 Å². The molecule has 4 rings (SSSR count). The first kappa shape index (κ1) is 21.4. The van der Waals surface area contributed by atoms with E-state index in [2.05, 4.69) is 29.1 Å². The normalized spacial score (nSPS) is 17.5. The van der Waals surface area contributed by atoms with Crippen LogP contribution in [0.5, 0.6) is 0 Å². The number of fused-ring (bicyclic) bond motifs is 1. The largest absolute Gasteiger partial charge is 0.346 e. The number of likely N-dealkylation sites (tertiary alicyclic amines) is 1. The average molecular weight is 439 g/mol. The number of H-pyrrole nitrogens is 1. The van der Waals surface area contributed by atoms with Gasteiger partial charge in [0.25, 0.3) is 0 Å². The van der Waals surface area contributed by atoms with Crippen LogP contribution < -0.4 is 5.32 Å². The van der Waals surface area contributed by atoms with E-state index in [4.69, 9.17) is 11.6 Å². The minimum atomic E-state index is -0.381. The maximum Gasteiger partial charge on any atom is 0.226 e. The molecule has 31 heavy (non-hydrogen) atoms. The van der Waals surface area contributed by atoms with Crippen molar-refractivity contribution in [3.8, 4) is 0 Å². The van der Waals surface area contributed by atoms with Crippen LogP contribution in [0.3, 0.4) is 0 Å². The summed E-state index contributed by atoms with van der Waals surface area (Å²) in [4.78, 5) is 35.3. The number of nitrogens with zero attached hydrogens (tertiary/aromatic N) is 2. The molecule has 1 aliphatic heterocycles. The number of para-hydroxylation sites is 2. The molecule has 3 aromatic rings. The first-order chi connectivity index (χ1) is 14.9. The molecule has 0 aliphatic carbocycles. The fourth-order valence-corrected chi connectivity index (χ4v) is 4.27. The standard InChI is InChI=1S/C24H27ClN4O2/c1-15(2)11-21(23-26-19-9-5-6-10-20(19)27-23)28-24(31)17-12-22(30)29(14-17)13-16-7-3-4-8-18(16)25/h3-10,15,17,21H,11-14H2,1-2H3,(H,26,27)(H,28,31)/t17-,21+/m1/s1. The Hall–Kier alpha value is -2.86. The van der Waals surface area contributed by atoms with Crippen LogP contribution in [0.25, 0.3) is 11.0 Å². The molecule has 6 nitrogen and oxygen atoms in total. The summed E-state index contributed by atoms with van der Waals surface area (Å²) in [6.07, 6.45) is 0.973. The van der Waals surface area contributed by atoms with Gasteiger partial charge in [-0.25, -0.2) is 4.98 Å². The Bertz CT molecular complexity index is 1060. The van der Waals surface area contributed by atoms with Gasteiger partial charge >= 0.3 is 0 Å². The highest BCUT2D eigenvalue weighted by Gasteiger charge is 2.35. The zero-order chi connectivity index (χ0) is 22.0. The Kier molecular flexibility index (Phi) is 6.28. The van der Waals surface area contributed by atoms with Gasteiger partial charge in [-0.1, -0.05) is 55.8 Å². The molecule has 0 saturated carbocycles. The van der Waals surface area contributed by atoms with Crippen LogP contribution in [0.2, 0.25) is 5.02 Å². The molecule has 7 heteroatoms. The summed E-state index contributed by atoms with van der Waals surface area (Å²) in [5, 5.41) is 3.78. The minimum Gasteiger partial charge on any atom is -0.346 e. The number of nitrogens with one attached hydrogen (secondary N) is 2. The number of carbonyl (C=O) groups is 2. The molecule has 0 radical (unpaired) electrons. The van der Waals surface area contributed by atoms with Gasteiger partial charge in [-0.3, -0.25) is 9.59 Å². The van der Waals surface area contributed by atoms with E-state index in [1.54, 1.807) is 4.90 Å². The molecule has 1 fully saturated rings. The van der Waals surface area contributed by atoms with Gasteiger partial charge in [-0.05, 0) is 36.1 Å². The van der Waals surface area contributed by atoms with Crippen molar-refractivity contribution < 1.29 is 9.59 Å². The molecule has 0 spiro atoms. The predicted octanol–water partition coefficient (Wildman–Crippen LogP) is 4.47. The van der Waals surface area contributed by atoms with E-state index in [1.165, 1.54) is 0 Å². The number of hydrogen-bond acceptors (Lipinski definition) is 3. The van der Waals surface area contributed by atoms with Gasteiger partial charge in [0.1, 0.15) is 5.82 Å². The second-order valence-electron chi connectivity index (χ2n) is 8.60. The fourth-order valence-electron chi connectivity index (χ4n) is 4.07. The van der Waals surface area contributed by atoms with Gasteiger partial charge in [0.05, 0.1) is 23.0 Å². The number of carbonyl (C=O) groups excluding carboxylic acids is 2. The molecule has 1 aliphatic rings. The average Bonchev–Trinajstić information content (AvgIpc) is 3.32. The summed E-state index contributed by atoms with van der Waals surface area (Å²) in [5.41, 5.74) is 2.71. The van der Waals surface area contributed by atoms with E-state index in [0.717, 1.165) is 28.8 Å². The Morgan fingerprint density at radius 1 is 1.23 bits per heavy atom. The van der Waals surface area contributed by atoms with Crippen LogP contribution in [-0.4, -0.2) is 33.2 Å². The Morgan fingerprint density at radius 3 is 2.71 bits per heavy atom. The number of benzene rings is 2. The van der Waals surface area contributed by atoms with Crippen LogP contribution in [-0.2, 0) is 16.1 Å². The number of aromatic nitrogens is 2. The smallest absolute Gasteiger partial charge is 0.226 e. The van der Waals surface area contributed by atoms with Crippen molar-refractivity contribution in [3.63, 3.8) is 0 Å². The Balaban J connectivity index is 1.46. The fraction of sp³-hybridized carbons (Fsp3) is 0.375. The Morgan fingerprint density at radius 2 is 1.97 bits per heavy atom. The maximum atomic E-state index is 13.1. The number of hydrogen-bond donors (Lipinski definition) is 2. The van der Waals surface area contributed by atoms with Gasteiger partial charge < -0.3 is 15.2 Å². The third-order valence-corrected chi connectivity index (χ3v) is 6.03. The quantitative estimate of drug-likeness (QED) is 0.571. The lowest BCUT2D eigenvalue weighted by atomic mass is 10.0. The summed E-state index contributed by atoms with van der Waals surface area (Å²) in [5.74, 6) is 0.611. The minimum absolute atomic E-state index is 0.0239. The summed E-state index contributed by atoms with van der Waals surface area (Å²) >= 11 is 6.24. The predicted molar refractivity (Wildman–Crippen MR) is 121 cm³/mol. The molecule has 2 amide bonds. The van der Waals surface area contributed by atoms with E-state index in [0.29, 0.717) is 24.0 Å². The van der Waals surface area contributed by atoms with Crippen LogP contribution in [0, 0.1) is 11.8 Å². The molecule has 0 unspecified atom stereocenters. The van der Waals surface area contributed by atoms with Crippen molar-refractivity contribution in [2.75, 3.05) is 6.54 Å². The molecule has 1 aromatic heterocycles. The number of imidazole rings is 1. The number of aromatic amines is 1. The van der Waals surface area contributed by atoms with E-state index in [1.807, 2.05) is 48.5 Å². The highest BCUT2D eigenvalue weighted by atomic mass is 35.5. The molecule has 2 heterocycles.